The van der Waals surface area contributed by atoms with Crippen LogP contribution < -0.4 is 10.9 Å². The second-order valence-corrected chi connectivity index (χ2v) is 2.45. The fraction of sp³-hybridized carbons (Fsp3) is 1.00. The van der Waals surface area contributed by atoms with Crippen molar-refractivity contribution in [1.82, 2.24) is 21.1 Å². The van der Waals surface area contributed by atoms with Crippen molar-refractivity contribution in [3.05, 3.63) is 0 Å². The number of nitrogens with one attached hydrogen (secondary N) is 2. The van der Waals surface area contributed by atoms with Gasteiger partial charge in [0.25, 0.3) is 0 Å². The summed E-state index contributed by atoms with van der Waals surface area (Å²) in [5.74, 6) is 0. The van der Waals surface area contributed by atoms with E-state index in [1.54, 1.807) is 0 Å². The second kappa shape index (κ2) is 2.22. The molecule has 2 fully saturated rings. The van der Waals surface area contributed by atoms with Crippen molar-refractivity contribution < 1.29 is 0 Å². The largest absolute Gasteiger partial charge is 0.225 e. The predicted octanol–water partition coefficient (Wildman–Crippen LogP) is -0.720. The minimum Gasteiger partial charge on any atom is -0.225 e. The zero-order valence-corrected chi connectivity index (χ0v) is 5.43. The van der Waals surface area contributed by atoms with Crippen LogP contribution in [0.4, 0.5) is 0 Å². The molecule has 0 bridgehead atoms. The molecule has 4 nitrogen and oxygen atoms in total. The third kappa shape index (κ3) is 0.943. The minimum absolute atomic E-state index is 0.889. The van der Waals surface area contributed by atoms with Gasteiger partial charge in [0.2, 0.25) is 0 Å². The molecule has 0 unspecified atom stereocenters. The van der Waals surface area contributed by atoms with E-state index in [1.165, 1.54) is 12.8 Å². The number of nitrogens with zero attached hydrogens (tertiary/aromatic N) is 2. The quantitative estimate of drug-likeness (QED) is 0.451. The summed E-state index contributed by atoms with van der Waals surface area (Å²) in [7, 11) is 0. The van der Waals surface area contributed by atoms with E-state index in [-0.39, 0.29) is 0 Å². The van der Waals surface area contributed by atoms with Crippen LogP contribution in [-0.2, 0) is 0 Å². The zero-order chi connectivity index (χ0) is 6.10. The normalized spacial score (nSPS) is 30.7. The number of hydrazine groups is 3. The average Bonchev–Trinajstić information content (AvgIpc) is 2.33. The lowest BCUT2D eigenvalue weighted by Gasteiger charge is -2.30. The van der Waals surface area contributed by atoms with Crippen LogP contribution in [0.25, 0.3) is 0 Å². The van der Waals surface area contributed by atoms with Crippen molar-refractivity contribution in [2.24, 2.45) is 0 Å². The number of rotatable bonds is 0. The van der Waals surface area contributed by atoms with E-state index in [9.17, 15) is 0 Å². The summed E-state index contributed by atoms with van der Waals surface area (Å²) in [5.41, 5.74) is 6.41. The van der Waals surface area contributed by atoms with Crippen LogP contribution in [0, 0.1) is 0 Å². The Morgan fingerprint density at radius 2 is 1.44 bits per heavy atom. The molecule has 0 atom stereocenters. The zero-order valence-electron chi connectivity index (χ0n) is 5.43. The van der Waals surface area contributed by atoms with Crippen LogP contribution in [0.2, 0.25) is 0 Å². The van der Waals surface area contributed by atoms with Gasteiger partial charge in [0, 0.05) is 13.1 Å². The second-order valence-electron chi connectivity index (χ2n) is 2.45. The summed E-state index contributed by atoms with van der Waals surface area (Å²) in [6.07, 6.45) is 2.62. The third-order valence-electron chi connectivity index (χ3n) is 1.80. The SMILES string of the molecule is C1CCN2NCNN2C1. The average molecular weight is 128 g/mol. The molecule has 9 heavy (non-hydrogen) atoms. The van der Waals surface area contributed by atoms with Crippen LogP contribution in [0.5, 0.6) is 0 Å². The van der Waals surface area contributed by atoms with E-state index < -0.39 is 0 Å². The summed E-state index contributed by atoms with van der Waals surface area (Å²) in [4.78, 5) is 0. The Kier molecular flexibility index (Phi) is 1.39. The Labute approximate surface area is 54.7 Å². The molecule has 0 saturated carbocycles. The molecule has 2 saturated heterocycles. The van der Waals surface area contributed by atoms with Gasteiger partial charge in [-0.1, -0.05) is 0 Å². The van der Waals surface area contributed by atoms with Crippen molar-refractivity contribution in [3.63, 3.8) is 0 Å². The number of fused-ring (bicyclic) bond motifs is 1. The van der Waals surface area contributed by atoms with Gasteiger partial charge in [-0.2, -0.15) is 10.2 Å². The smallest absolute Gasteiger partial charge is 0.0753 e. The van der Waals surface area contributed by atoms with Gasteiger partial charge < -0.3 is 0 Å². The van der Waals surface area contributed by atoms with E-state index in [2.05, 4.69) is 21.1 Å². The molecule has 2 rings (SSSR count). The first-order valence-corrected chi connectivity index (χ1v) is 3.49. The predicted molar refractivity (Wildman–Crippen MR) is 33.8 cm³/mol. The molecule has 0 aromatic rings. The van der Waals surface area contributed by atoms with Gasteiger partial charge >= 0.3 is 0 Å². The molecule has 4 heteroatoms. The maximum absolute atomic E-state index is 3.21. The summed E-state index contributed by atoms with van der Waals surface area (Å²) >= 11 is 0. The standard InChI is InChI=1S/C5H12N4/c1-2-4-9-7-5-6-8(9)3-1/h6-7H,1-5H2. The van der Waals surface area contributed by atoms with Crippen LogP contribution in [0.1, 0.15) is 12.8 Å². The van der Waals surface area contributed by atoms with Gasteiger partial charge in [0.15, 0.2) is 0 Å². The highest BCUT2D eigenvalue weighted by molar-refractivity contribution is 4.62. The highest BCUT2D eigenvalue weighted by Gasteiger charge is 2.22. The van der Waals surface area contributed by atoms with Crippen molar-refractivity contribution in [3.8, 4) is 0 Å². The maximum atomic E-state index is 3.21. The fourth-order valence-corrected chi connectivity index (χ4v) is 1.31. The molecule has 0 amide bonds. The van der Waals surface area contributed by atoms with E-state index in [0.29, 0.717) is 0 Å². The monoisotopic (exact) mass is 128 g/mol. The number of hydrogen-bond donors (Lipinski definition) is 2. The van der Waals surface area contributed by atoms with Crippen molar-refractivity contribution in [2.75, 3.05) is 19.8 Å². The lowest BCUT2D eigenvalue weighted by molar-refractivity contribution is -0.0649. The molecule has 0 spiro atoms. The van der Waals surface area contributed by atoms with Gasteiger partial charge in [-0.3, -0.25) is 0 Å². The third-order valence-corrected chi connectivity index (χ3v) is 1.80. The van der Waals surface area contributed by atoms with Crippen LogP contribution in [-0.4, -0.2) is 30.0 Å². The van der Waals surface area contributed by atoms with E-state index >= 15 is 0 Å². The van der Waals surface area contributed by atoms with Gasteiger partial charge in [-0.05, 0) is 12.8 Å². The minimum atomic E-state index is 0.889. The van der Waals surface area contributed by atoms with Gasteiger partial charge in [0.05, 0.1) is 6.67 Å². The molecule has 2 aliphatic heterocycles. The molecule has 0 aromatic heterocycles. The summed E-state index contributed by atoms with van der Waals surface area (Å²) in [5, 5.41) is 4.28. The molecule has 52 valence electrons. The summed E-state index contributed by atoms with van der Waals surface area (Å²) in [6.45, 7) is 3.18. The van der Waals surface area contributed by atoms with E-state index in [0.717, 1.165) is 19.8 Å². The Hall–Kier alpha value is -0.160. The highest BCUT2D eigenvalue weighted by atomic mass is 16.0. The van der Waals surface area contributed by atoms with Crippen molar-refractivity contribution in [1.29, 1.82) is 0 Å². The lowest BCUT2D eigenvalue weighted by atomic mass is 10.3. The Morgan fingerprint density at radius 1 is 0.889 bits per heavy atom. The van der Waals surface area contributed by atoms with Crippen LogP contribution >= 0.6 is 0 Å². The van der Waals surface area contributed by atoms with E-state index in [4.69, 9.17) is 0 Å². The fourth-order valence-electron chi connectivity index (χ4n) is 1.31. The molecule has 0 aliphatic carbocycles. The highest BCUT2D eigenvalue weighted by Crippen LogP contribution is 2.07. The molecule has 0 aromatic carbocycles. The number of hydrogen-bond acceptors (Lipinski definition) is 4. The van der Waals surface area contributed by atoms with Crippen LogP contribution in [0.15, 0.2) is 0 Å². The first kappa shape index (κ1) is 5.61. The molecular weight excluding hydrogens is 116 g/mol. The van der Waals surface area contributed by atoms with Gasteiger partial charge in [0.1, 0.15) is 0 Å². The molecular formula is C5H12N4. The Morgan fingerprint density at radius 3 is 2.00 bits per heavy atom. The topological polar surface area (TPSA) is 30.5 Å². The summed E-state index contributed by atoms with van der Waals surface area (Å²) < 4.78 is 0. The van der Waals surface area contributed by atoms with Gasteiger partial charge in [-0.25, -0.2) is 10.9 Å². The van der Waals surface area contributed by atoms with Crippen molar-refractivity contribution >= 4 is 0 Å². The molecule has 0 radical (unpaired) electrons. The Balaban J connectivity index is 1.97. The lowest BCUT2D eigenvalue weighted by Crippen LogP contribution is -2.48. The Bertz CT molecular complexity index is 93.1. The molecule has 2 heterocycles. The van der Waals surface area contributed by atoms with Crippen molar-refractivity contribution in [2.45, 2.75) is 12.8 Å². The first-order valence-electron chi connectivity index (χ1n) is 3.49. The van der Waals surface area contributed by atoms with Gasteiger partial charge in [-0.15, -0.1) is 0 Å². The maximum Gasteiger partial charge on any atom is 0.0753 e. The van der Waals surface area contributed by atoms with Crippen LogP contribution in [0.3, 0.4) is 0 Å². The van der Waals surface area contributed by atoms with E-state index in [1.807, 2.05) is 0 Å². The molecule has 2 N–H and O–H groups in total. The first-order chi connectivity index (χ1) is 4.47. The summed E-state index contributed by atoms with van der Waals surface area (Å²) in [6, 6.07) is 0. The molecule has 2 aliphatic rings.